The van der Waals surface area contributed by atoms with E-state index < -0.39 is 102 Å². The molecule has 2 aromatic rings. The third-order valence-corrected chi connectivity index (χ3v) is 12.4. The molecule has 2 aromatic carbocycles. The number of rotatable bonds is 9. The van der Waals surface area contributed by atoms with Crippen molar-refractivity contribution in [1.82, 2.24) is 4.90 Å². The van der Waals surface area contributed by atoms with Gasteiger partial charge in [0.25, 0.3) is 0 Å². The van der Waals surface area contributed by atoms with Gasteiger partial charge in [0.2, 0.25) is 5.78 Å². The van der Waals surface area contributed by atoms with E-state index in [-0.39, 0.29) is 83.3 Å². The molecular weight excluding hydrogens is 794 g/mol. The number of hydrogen-bond acceptors (Lipinski definition) is 16. The van der Waals surface area contributed by atoms with E-state index in [2.05, 4.69) is 0 Å². The normalized spacial score (nSPS) is 35.7. The zero-order valence-corrected chi connectivity index (χ0v) is 34.9. The molecular formula is C42H54ClNO15. The molecule has 3 saturated heterocycles. The first-order chi connectivity index (χ1) is 27.5. The van der Waals surface area contributed by atoms with Gasteiger partial charge in [-0.2, -0.15) is 0 Å². The molecule has 4 N–H and O–H groups in total. The number of aromatic hydroxyl groups is 2. The molecule has 0 saturated carbocycles. The van der Waals surface area contributed by atoms with Crippen molar-refractivity contribution >= 4 is 35.7 Å². The topological polar surface area (TPSA) is 217 Å². The SMILES string of the molecule is CC[C@@]1(O)C[C@H](O[C@H]2C[C@H](N(C)C)[C@H](O[C@H]3C[C@H](O)C(O[C@@H]4CCC(=O)[C@H](C)O4)[C@H](C)O3)[C@H](C)O2)c2c(cc3c(c2O)C(=O)c2c(O)cccc2C3=O)[C@H]1C(=O)OC.Cl. The van der Waals surface area contributed by atoms with Crippen LogP contribution in [0.1, 0.15) is 121 Å². The maximum Gasteiger partial charge on any atom is 0.316 e. The number of carbonyl (C=O) groups excluding carboxylic acids is 4. The molecule has 59 heavy (non-hydrogen) atoms. The van der Waals surface area contributed by atoms with E-state index in [0.29, 0.717) is 12.8 Å². The molecule has 3 heterocycles. The van der Waals surface area contributed by atoms with Crippen LogP contribution in [0.5, 0.6) is 11.5 Å². The highest BCUT2D eigenvalue weighted by Crippen LogP contribution is 2.54. The highest BCUT2D eigenvalue weighted by atomic mass is 35.5. The first-order valence-electron chi connectivity index (χ1n) is 19.9. The van der Waals surface area contributed by atoms with E-state index in [0.717, 1.165) is 0 Å². The third-order valence-electron chi connectivity index (χ3n) is 12.4. The molecule has 0 bridgehead atoms. The van der Waals surface area contributed by atoms with Crippen molar-refractivity contribution in [1.29, 1.82) is 0 Å². The molecule has 3 aliphatic heterocycles. The van der Waals surface area contributed by atoms with Crippen LogP contribution in [0.2, 0.25) is 0 Å². The molecule has 13 atom stereocenters. The summed E-state index contributed by atoms with van der Waals surface area (Å²) in [5, 5.41) is 45.9. The smallest absolute Gasteiger partial charge is 0.316 e. The van der Waals surface area contributed by atoms with Gasteiger partial charge < -0.3 is 58.5 Å². The van der Waals surface area contributed by atoms with Crippen molar-refractivity contribution in [2.75, 3.05) is 21.2 Å². The Morgan fingerprint density at radius 2 is 1.56 bits per heavy atom. The maximum absolute atomic E-state index is 13.9. The number of likely N-dealkylation sites (N-methyl/N-ethyl adjacent to an activating group) is 1. The minimum Gasteiger partial charge on any atom is -0.507 e. The number of fused-ring (bicyclic) bond motifs is 3. The molecule has 5 aliphatic rings. The molecule has 1 unspecified atom stereocenters. The van der Waals surface area contributed by atoms with Crippen LogP contribution in [0, 0.1) is 0 Å². The van der Waals surface area contributed by atoms with E-state index in [4.69, 9.17) is 33.2 Å². The second-order valence-electron chi connectivity index (χ2n) is 16.3. The number of benzene rings is 2. The first kappa shape index (κ1) is 45.0. The summed E-state index contributed by atoms with van der Waals surface area (Å²) < 4.78 is 42.6. The zero-order chi connectivity index (χ0) is 42.0. The predicted molar refractivity (Wildman–Crippen MR) is 208 cm³/mol. The van der Waals surface area contributed by atoms with E-state index in [1.165, 1.54) is 31.4 Å². The standard InChI is InChI=1S/C42H53NO15.ClH/c1-8-42(51)17-28(33-22(35(42)41(50)52-7)14-23-34(38(33)49)37(48)32-21(36(23)47)10-9-11-26(32)45)56-30-15-24(43(5)6)39(19(3)54-30)58-31-16-27(46)40(20(4)55-31)57-29-13-12-25(44)18(2)53-29;/h9-11,14,18-20,24,27-31,35,39-40,45-46,49,51H,8,12-13,15-17H2,1-7H3;1H/t18-,19-,20-,24-,27-,28-,29+,30-,31-,35-,39+,40?,42+;/m0./s1. The summed E-state index contributed by atoms with van der Waals surface area (Å²) >= 11 is 0. The number of carbonyl (C=O) groups is 4. The van der Waals surface area contributed by atoms with E-state index in [1.807, 2.05) is 19.0 Å². The van der Waals surface area contributed by atoms with Crippen LogP contribution in [0.25, 0.3) is 0 Å². The summed E-state index contributed by atoms with van der Waals surface area (Å²) in [7, 11) is 4.91. The number of nitrogens with zero attached hydrogens (tertiary/aromatic N) is 1. The van der Waals surface area contributed by atoms with Gasteiger partial charge in [0, 0.05) is 54.8 Å². The number of halogens is 1. The van der Waals surface area contributed by atoms with Crippen molar-refractivity contribution in [3.05, 3.63) is 57.6 Å². The molecule has 17 heteroatoms. The fourth-order valence-corrected chi connectivity index (χ4v) is 9.27. The Bertz CT molecular complexity index is 1950. The van der Waals surface area contributed by atoms with Crippen LogP contribution >= 0.6 is 12.4 Å². The van der Waals surface area contributed by atoms with Crippen LogP contribution in [0.15, 0.2) is 24.3 Å². The number of hydrogen-bond donors (Lipinski definition) is 4. The van der Waals surface area contributed by atoms with Gasteiger partial charge in [0.05, 0.1) is 48.3 Å². The number of ether oxygens (including phenoxy) is 7. The van der Waals surface area contributed by atoms with Crippen molar-refractivity contribution < 1.29 is 72.8 Å². The summed E-state index contributed by atoms with van der Waals surface area (Å²) in [6.45, 7) is 6.95. The molecule has 16 nitrogen and oxygen atoms in total. The van der Waals surface area contributed by atoms with E-state index in [9.17, 15) is 39.6 Å². The lowest BCUT2D eigenvalue weighted by Gasteiger charge is -2.48. The Balaban J connectivity index is 0.00000585. The van der Waals surface area contributed by atoms with Crippen LogP contribution in [0.4, 0.5) is 0 Å². The van der Waals surface area contributed by atoms with Gasteiger partial charge in [-0.25, -0.2) is 0 Å². The average molecular weight is 848 g/mol. The molecule has 0 spiro atoms. The fraction of sp³-hybridized carbons (Fsp3) is 0.619. The van der Waals surface area contributed by atoms with Gasteiger partial charge in [-0.05, 0) is 59.0 Å². The van der Waals surface area contributed by atoms with Crippen LogP contribution < -0.4 is 0 Å². The first-order valence-corrected chi connectivity index (χ1v) is 19.9. The zero-order valence-electron chi connectivity index (χ0n) is 34.1. The van der Waals surface area contributed by atoms with Crippen molar-refractivity contribution in [2.24, 2.45) is 0 Å². The summed E-state index contributed by atoms with van der Waals surface area (Å²) in [6.07, 6.45) is -6.64. The molecule has 0 radical (unpaired) electrons. The molecule has 2 aliphatic carbocycles. The van der Waals surface area contributed by atoms with Crippen LogP contribution in [-0.4, -0.2) is 137 Å². The van der Waals surface area contributed by atoms with Crippen LogP contribution in [-0.2, 0) is 42.7 Å². The van der Waals surface area contributed by atoms with Gasteiger partial charge in [0.1, 0.15) is 35.7 Å². The largest absolute Gasteiger partial charge is 0.507 e. The monoisotopic (exact) mass is 847 g/mol. The van der Waals surface area contributed by atoms with Crippen molar-refractivity contribution in [3.63, 3.8) is 0 Å². The number of phenolic OH excluding ortho intramolecular Hbond substituents is 2. The highest BCUT2D eigenvalue weighted by molar-refractivity contribution is 6.30. The number of Topliss-reactive ketones (excluding diaryl/α,β-unsaturated/α-hetero) is 1. The maximum atomic E-state index is 13.9. The summed E-state index contributed by atoms with van der Waals surface area (Å²) in [5.74, 6) is -4.59. The molecule has 0 aromatic heterocycles. The van der Waals surface area contributed by atoms with Gasteiger partial charge in [-0.15, -0.1) is 12.4 Å². The number of esters is 1. The number of ketones is 3. The van der Waals surface area contributed by atoms with Gasteiger partial charge in [-0.3, -0.25) is 19.2 Å². The second kappa shape index (κ2) is 17.4. The lowest BCUT2D eigenvalue weighted by atomic mass is 9.67. The minimum absolute atomic E-state index is 0. The molecule has 3 fully saturated rings. The molecule has 0 amide bonds. The lowest BCUT2D eigenvalue weighted by molar-refractivity contribution is -0.324. The van der Waals surface area contributed by atoms with Gasteiger partial charge >= 0.3 is 5.97 Å². The van der Waals surface area contributed by atoms with Gasteiger partial charge in [-0.1, -0.05) is 19.1 Å². The highest BCUT2D eigenvalue weighted by Gasteiger charge is 2.53. The number of phenols is 2. The Hall–Kier alpha value is -3.55. The second-order valence-corrected chi connectivity index (χ2v) is 16.3. The van der Waals surface area contributed by atoms with Crippen molar-refractivity contribution in [2.45, 2.75) is 145 Å². The Morgan fingerprint density at radius 1 is 0.898 bits per heavy atom. The van der Waals surface area contributed by atoms with E-state index >= 15 is 0 Å². The fourth-order valence-electron chi connectivity index (χ4n) is 9.27. The lowest BCUT2D eigenvalue weighted by Crippen LogP contribution is -2.58. The van der Waals surface area contributed by atoms with Crippen molar-refractivity contribution in [3.8, 4) is 11.5 Å². The van der Waals surface area contributed by atoms with Crippen LogP contribution in [0.3, 0.4) is 0 Å². The summed E-state index contributed by atoms with van der Waals surface area (Å²) in [4.78, 5) is 55.0. The van der Waals surface area contributed by atoms with E-state index in [1.54, 1.807) is 27.7 Å². The Kier molecular flexibility index (Phi) is 13.3. The Labute approximate surface area is 348 Å². The Morgan fingerprint density at radius 3 is 2.19 bits per heavy atom. The average Bonchev–Trinajstić information content (AvgIpc) is 3.17. The number of aliphatic hydroxyl groups excluding tert-OH is 1. The molecule has 324 valence electrons. The molecule has 7 rings (SSSR count). The summed E-state index contributed by atoms with van der Waals surface area (Å²) in [5.41, 5.74) is -2.49. The predicted octanol–water partition coefficient (Wildman–Crippen LogP) is 3.58. The minimum atomic E-state index is -1.76. The third kappa shape index (κ3) is 8.16. The quantitative estimate of drug-likeness (QED) is 0.226. The number of methoxy groups -OCH3 is 1. The number of aliphatic hydroxyl groups is 2. The summed E-state index contributed by atoms with van der Waals surface area (Å²) in [6, 6.07) is 5.11. The van der Waals surface area contributed by atoms with Gasteiger partial charge in [0.15, 0.2) is 30.4 Å².